The lowest BCUT2D eigenvalue weighted by Gasteiger charge is -2.13. The molecule has 1 unspecified atom stereocenters. The minimum absolute atomic E-state index is 0.0874. The van der Waals surface area contributed by atoms with Crippen LogP contribution < -0.4 is 10.6 Å². The second-order valence-electron chi connectivity index (χ2n) is 4.64. The molecule has 2 rings (SSSR count). The number of benzene rings is 1. The van der Waals surface area contributed by atoms with Gasteiger partial charge >= 0.3 is 0 Å². The van der Waals surface area contributed by atoms with Crippen LogP contribution in [-0.4, -0.2) is 33.1 Å². The Hall–Kier alpha value is -2.70. The van der Waals surface area contributed by atoms with Crippen LogP contribution >= 0.6 is 0 Å². The maximum atomic E-state index is 11.8. The van der Waals surface area contributed by atoms with Crippen molar-refractivity contribution in [3.63, 3.8) is 0 Å². The van der Waals surface area contributed by atoms with Gasteiger partial charge in [0.15, 0.2) is 5.82 Å². The number of rotatable bonds is 5. The van der Waals surface area contributed by atoms with Gasteiger partial charge in [-0.05, 0) is 19.1 Å². The van der Waals surface area contributed by atoms with Crippen molar-refractivity contribution in [2.45, 2.75) is 13.0 Å². The predicted octanol–water partition coefficient (Wildman–Crippen LogP) is 0.422. The molecule has 0 saturated heterocycles. The first-order chi connectivity index (χ1) is 10.1. The first-order valence-corrected chi connectivity index (χ1v) is 6.54. The van der Waals surface area contributed by atoms with Crippen molar-refractivity contribution in [2.24, 2.45) is 7.05 Å². The fourth-order valence-electron chi connectivity index (χ4n) is 1.89. The Morgan fingerprint density at radius 1 is 1.29 bits per heavy atom. The zero-order valence-electron chi connectivity index (χ0n) is 11.9. The molecule has 0 spiro atoms. The molecule has 0 aliphatic heterocycles. The summed E-state index contributed by atoms with van der Waals surface area (Å²) >= 11 is 0. The Bertz CT molecular complexity index is 623. The van der Waals surface area contributed by atoms with Crippen molar-refractivity contribution in [1.29, 1.82) is 0 Å². The van der Waals surface area contributed by atoms with E-state index in [1.54, 1.807) is 49.1 Å². The van der Waals surface area contributed by atoms with Crippen LogP contribution in [0.25, 0.3) is 0 Å². The van der Waals surface area contributed by atoms with Gasteiger partial charge in [0.25, 0.3) is 5.91 Å². The Morgan fingerprint density at radius 2 is 2.00 bits per heavy atom. The molecular weight excluding hydrogens is 270 g/mol. The number of carbonyl (C=O) groups excluding carboxylic acids is 2. The smallest absolute Gasteiger partial charge is 0.251 e. The second kappa shape index (κ2) is 6.65. The number of aryl methyl sites for hydroxylation is 1. The molecule has 7 nitrogen and oxygen atoms in total. The first kappa shape index (κ1) is 14.7. The van der Waals surface area contributed by atoms with Crippen LogP contribution in [0, 0.1) is 0 Å². The van der Waals surface area contributed by atoms with Crippen LogP contribution in [0.5, 0.6) is 0 Å². The van der Waals surface area contributed by atoms with E-state index in [9.17, 15) is 9.59 Å². The van der Waals surface area contributed by atoms with E-state index in [0.29, 0.717) is 11.4 Å². The van der Waals surface area contributed by atoms with E-state index in [2.05, 4.69) is 20.8 Å². The van der Waals surface area contributed by atoms with E-state index in [4.69, 9.17) is 0 Å². The highest BCUT2D eigenvalue weighted by atomic mass is 16.2. The number of nitrogens with zero attached hydrogens (tertiary/aromatic N) is 3. The number of nitrogens with one attached hydrogen (secondary N) is 2. The Morgan fingerprint density at radius 3 is 2.62 bits per heavy atom. The largest absolute Gasteiger partial charge is 0.345 e. The predicted molar refractivity (Wildman–Crippen MR) is 76.3 cm³/mol. The molecule has 1 heterocycles. The number of hydrogen-bond donors (Lipinski definition) is 2. The van der Waals surface area contributed by atoms with E-state index < -0.39 is 0 Å². The molecule has 0 radical (unpaired) electrons. The van der Waals surface area contributed by atoms with Gasteiger partial charge in [-0.3, -0.25) is 9.59 Å². The summed E-state index contributed by atoms with van der Waals surface area (Å²) in [4.78, 5) is 23.6. The summed E-state index contributed by atoms with van der Waals surface area (Å²) in [6, 6.07) is 8.46. The fraction of sp³-hybridized carbons (Fsp3) is 0.286. The molecular formula is C14H17N5O2. The lowest BCUT2D eigenvalue weighted by atomic mass is 10.2. The third kappa shape index (κ3) is 3.88. The molecule has 1 aromatic heterocycles. The van der Waals surface area contributed by atoms with Crippen molar-refractivity contribution >= 4 is 11.8 Å². The summed E-state index contributed by atoms with van der Waals surface area (Å²) < 4.78 is 1.73. The van der Waals surface area contributed by atoms with E-state index in [0.717, 1.165) is 0 Å². The summed E-state index contributed by atoms with van der Waals surface area (Å²) in [5, 5.41) is 13.0. The molecule has 1 aromatic carbocycles. The average molecular weight is 287 g/mol. The summed E-state index contributed by atoms with van der Waals surface area (Å²) in [5.74, 6) is 0.0876. The number of carbonyl (C=O) groups is 2. The quantitative estimate of drug-likeness (QED) is 0.834. The van der Waals surface area contributed by atoms with Crippen LogP contribution in [0.3, 0.4) is 0 Å². The maximum absolute atomic E-state index is 11.8. The van der Waals surface area contributed by atoms with Crippen molar-refractivity contribution in [1.82, 2.24) is 25.4 Å². The first-order valence-electron chi connectivity index (χ1n) is 6.54. The van der Waals surface area contributed by atoms with E-state index in [1.807, 2.05) is 6.07 Å². The number of aromatic nitrogens is 3. The van der Waals surface area contributed by atoms with Crippen LogP contribution in [0.4, 0.5) is 0 Å². The summed E-state index contributed by atoms with van der Waals surface area (Å²) in [7, 11) is 1.80. The fourth-order valence-corrected chi connectivity index (χ4v) is 1.89. The topological polar surface area (TPSA) is 88.9 Å². The van der Waals surface area contributed by atoms with Crippen molar-refractivity contribution in [3.05, 3.63) is 48.0 Å². The van der Waals surface area contributed by atoms with E-state index in [-0.39, 0.29) is 24.4 Å². The van der Waals surface area contributed by atoms with Crippen LogP contribution in [-0.2, 0) is 11.8 Å². The minimum atomic E-state index is -0.283. The molecule has 0 bridgehead atoms. The van der Waals surface area contributed by atoms with Gasteiger partial charge in [-0.2, -0.15) is 0 Å². The summed E-state index contributed by atoms with van der Waals surface area (Å²) in [6.45, 7) is 1.72. The van der Waals surface area contributed by atoms with Gasteiger partial charge in [-0.1, -0.05) is 18.2 Å². The van der Waals surface area contributed by atoms with Gasteiger partial charge in [0.2, 0.25) is 5.91 Å². The number of amides is 2. The third-order valence-corrected chi connectivity index (χ3v) is 2.96. The Labute approximate surface area is 122 Å². The normalized spacial score (nSPS) is 11.7. The second-order valence-corrected chi connectivity index (χ2v) is 4.64. The molecule has 0 aliphatic rings. The maximum Gasteiger partial charge on any atom is 0.251 e. The SMILES string of the molecule is CC(NC(=O)CNC(=O)c1ccccc1)c1nncn1C. The molecule has 7 heteroatoms. The molecule has 0 aliphatic carbocycles. The Balaban J connectivity index is 1.83. The minimum Gasteiger partial charge on any atom is -0.345 e. The molecule has 110 valence electrons. The average Bonchev–Trinajstić information content (AvgIpc) is 2.92. The highest BCUT2D eigenvalue weighted by molar-refractivity contribution is 5.96. The van der Waals surface area contributed by atoms with E-state index >= 15 is 0 Å². The zero-order chi connectivity index (χ0) is 15.2. The molecule has 0 fully saturated rings. The van der Waals surface area contributed by atoms with Gasteiger partial charge < -0.3 is 15.2 Å². The van der Waals surface area contributed by atoms with Gasteiger partial charge in [-0.15, -0.1) is 10.2 Å². The van der Waals surface area contributed by atoms with Gasteiger partial charge in [0, 0.05) is 12.6 Å². The van der Waals surface area contributed by atoms with Gasteiger partial charge in [-0.25, -0.2) is 0 Å². The van der Waals surface area contributed by atoms with Gasteiger partial charge in [0.1, 0.15) is 6.33 Å². The van der Waals surface area contributed by atoms with Crippen LogP contribution in [0.1, 0.15) is 29.1 Å². The highest BCUT2D eigenvalue weighted by Gasteiger charge is 2.14. The lowest BCUT2D eigenvalue weighted by Crippen LogP contribution is -2.38. The van der Waals surface area contributed by atoms with Gasteiger partial charge in [0.05, 0.1) is 12.6 Å². The van der Waals surface area contributed by atoms with E-state index in [1.165, 1.54) is 0 Å². The molecule has 21 heavy (non-hydrogen) atoms. The van der Waals surface area contributed by atoms with Crippen molar-refractivity contribution in [3.8, 4) is 0 Å². The van der Waals surface area contributed by atoms with Crippen LogP contribution in [0.15, 0.2) is 36.7 Å². The molecule has 2 amide bonds. The third-order valence-electron chi connectivity index (χ3n) is 2.96. The van der Waals surface area contributed by atoms with Crippen molar-refractivity contribution < 1.29 is 9.59 Å². The molecule has 2 aromatic rings. The summed E-state index contributed by atoms with van der Waals surface area (Å²) in [5.41, 5.74) is 0.520. The zero-order valence-corrected chi connectivity index (χ0v) is 11.9. The summed E-state index contributed by atoms with van der Waals surface area (Å²) in [6.07, 6.45) is 1.56. The standard InChI is InChI=1S/C14H17N5O2/c1-10(13-18-16-9-19(13)2)17-12(20)8-15-14(21)11-6-4-3-5-7-11/h3-7,9-10H,8H2,1-2H3,(H,15,21)(H,17,20). The lowest BCUT2D eigenvalue weighted by molar-refractivity contribution is -0.120. The Kier molecular flexibility index (Phi) is 4.65. The molecule has 1 atom stereocenters. The molecule has 2 N–H and O–H groups in total. The monoisotopic (exact) mass is 287 g/mol. The number of hydrogen-bond acceptors (Lipinski definition) is 4. The van der Waals surface area contributed by atoms with Crippen LogP contribution in [0.2, 0.25) is 0 Å². The van der Waals surface area contributed by atoms with Crippen molar-refractivity contribution in [2.75, 3.05) is 6.54 Å². The molecule has 0 saturated carbocycles. The highest BCUT2D eigenvalue weighted by Crippen LogP contribution is 2.06.